The number of thioether (sulfide) groups is 1. The minimum atomic E-state index is -0.192. The molecule has 0 aliphatic rings. The van der Waals surface area contributed by atoms with Crippen LogP contribution in [0.15, 0.2) is 30.5 Å². The average Bonchev–Trinajstić information content (AvgIpc) is 2.48. The molecule has 1 unspecified atom stereocenters. The molecule has 0 aliphatic heterocycles. The molecule has 0 spiro atoms. The van der Waals surface area contributed by atoms with E-state index in [-0.39, 0.29) is 18.6 Å². The van der Waals surface area contributed by atoms with E-state index in [4.69, 9.17) is 16.7 Å². The van der Waals surface area contributed by atoms with Crippen LogP contribution in [0.4, 0.5) is 0 Å². The standard InChI is InChI=1S/C15H17ClN2O2S/c1-21-9-10(6-8-19)18-15(20)12-4-5-13(16)11-3-2-7-17-14(11)12/h2-5,7,10,19H,6,8-9H2,1H3,(H,18,20). The Morgan fingerprint density at radius 3 is 3.00 bits per heavy atom. The zero-order valence-corrected chi connectivity index (χ0v) is 13.2. The molecule has 2 rings (SSSR count). The summed E-state index contributed by atoms with van der Waals surface area (Å²) in [6.07, 6.45) is 4.14. The Balaban J connectivity index is 2.29. The van der Waals surface area contributed by atoms with E-state index < -0.39 is 0 Å². The minimum Gasteiger partial charge on any atom is -0.396 e. The van der Waals surface area contributed by atoms with Crippen molar-refractivity contribution in [3.8, 4) is 0 Å². The van der Waals surface area contributed by atoms with Crippen molar-refractivity contribution in [3.05, 3.63) is 41.0 Å². The predicted molar refractivity (Wildman–Crippen MR) is 88.1 cm³/mol. The summed E-state index contributed by atoms with van der Waals surface area (Å²) in [6.45, 7) is 0.0467. The number of hydrogen-bond donors (Lipinski definition) is 2. The summed E-state index contributed by atoms with van der Waals surface area (Å²) in [5.41, 5.74) is 1.09. The van der Waals surface area contributed by atoms with Crippen LogP contribution in [0.1, 0.15) is 16.8 Å². The second-order valence-electron chi connectivity index (χ2n) is 4.63. The van der Waals surface area contributed by atoms with Crippen LogP contribution in [-0.2, 0) is 0 Å². The van der Waals surface area contributed by atoms with Crippen LogP contribution in [0.25, 0.3) is 10.9 Å². The molecule has 0 saturated carbocycles. The molecular weight excluding hydrogens is 308 g/mol. The van der Waals surface area contributed by atoms with Gasteiger partial charge in [0.2, 0.25) is 0 Å². The van der Waals surface area contributed by atoms with Crippen LogP contribution < -0.4 is 5.32 Å². The molecule has 1 aromatic carbocycles. The van der Waals surface area contributed by atoms with Crippen molar-refractivity contribution in [1.82, 2.24) is 10.3 Å². The van der Waals surface area contributed by atoms with Crippen LogP contribution in [-0.4, -0.2) is 40.7 Å². The summed E-state index contributed by atoms with van der Waals surface area (Å²) in [4.78, 5) is 16.7. The van der Waals surface area contributed by atoms with Crippen molar-refractivity contribution in [2.45, 2.75) is 12.5 Å². The van der Waals surface area contributed by atoms with Crippen molar-refractivity contribution in [1.29, 1.82) is 0 Å². The zero-order valence-electron chi connectivity index (χ0n) is 11.7. The molecule has 0 radical (unpaired) electrons. The number of nitrogens with one attached hydrogen (secondary N) is 1. The molecule has 0 aliphatic carbocycles. The van der Waals surface area contributed by atoms with Gasteiger partial charge in [0.15, 0.2) is 0 Å². The number of aliphatic hydroxyl groups excluding tert-OH is 1. The summed E-state index contributed by atoms with van der Waals surface area (Å²) >= 11 is 7.76. The quantitative estimate of drug-likeness (QED) is 0.857. The number of hydrogen-bond acceptors (Lipinski definition) is 4. The molecule has 21 heavy (non-hydrogen) atoms. The number of aliphatic hydroxyl groups is 1. The van der Waals surface area contributed by atoms with E-state index in [1.165, 1.54) is 0 Å². The van der Waals surface area contributed by atoms with E-state index in [1.54, 1.807) is 36.2 Å². The number of carbonyl (C=O) groups is 1. The van der Waals surface area contributed by atoms with E-state index in [0.29, 0.717) is 22.5 Å². The second kappa shape index (κ2) is 7.64. The zero-order chi connectivity index (χ0) is 15.2. The molecule has 0 saturated heterocycles. The van der Waals surface area contributed by atoms with E-state index in [1.807, 2.05) is 12.3 Å². The summed E-state index contributed by atoms with van der Waals surface area (Å²) in [5.74, 6) is 0.563. The van der Waals surface area contributed by atoms with Gasteiger partial charge in [-0.1, -0.05) is 11.6 Å². The number of amides is 1. The Kier molecular flexibility index (Phi) is 5.85. The Labute approximate surface area is 132 Å². The van der Waals surface area contributed by atoms with Crippen LogP contribution in [0, 0.1) is 0 Å². The normalized spacial score (nSPS) is 12.3. The highest BCUT2D eigenvalue weighted by Crippen LogP contribution is 2.24. The van der Waals surface area contributed by atoms with E-state index >= 15 is 0 Å². The maximum atomic E-state index is 12.4. The van der Waals surface area contributed by atoms with Gasteiger partial charge in [-0.15, -0.1) is 0 Å². The van der Waals surface area contributed by atoms with Crippen LogP contribution >= 0.6 is 23.4 Å². The monoisotopic (exact) mass is 324 g/mol. The Morgan fingerprint density at radius 2 is 2.29 bits per heavy atom. The van der Waals surface area contributed by atoms with Gasteiger partial charge in [0.25, 0.3) is 5.91 Å². The van der Waals surface area contributed by atoms with Gasteiger partial charge in [0, 0.05) is 30.0 Å². The summed E-state index contributed by atoms with van der Waals surface area (Å²) in [7, 11) is 0. The first-order valence-electron chi connectivity index (χ1n) is 6.61. The molecule has 112 valence electrons. The highest BCUT2D eigenvalue weighted by Gasteiger charge is 2.16. The molecule has 2 aromatic rings. The van der Waals surface area contributed by atoms with Crippen LogP contribution in [0.2, 0.25) is 5.02 Å². The SMILES string of the molecule is CSCC(CCO)NC(=O)c1ccc(Cl)c2cccnc12. The van der Waals surface area contributed by atoms with Crippen molar-refractivity contribution >= 4 is 40.2 Å². The summed E-state index contributed by atoms with van der Waals surface area (Å²) in [5, 5.41) is 13.3. The second-order valence-corrected chi connectivity index (χ2v) is 5.95. The van der Waals surface area contributed by atoms with Gasteiger partial charge in [0.05, 0.1) is 16.1 Å². The summed E-state index contributed by atoms with van der Waals surface area (Å²) < 4.78 is 0. The van der Waals surface area contributed by atoms with Crippen LogP contribution in [0.3, 0.4) is 0 Å². The van der Waals surface area contributed by atoms with Gasteiger partial charge >= 0.3 is 0 Å². The fourth-order valence-electron chi connectivity index (χ4n) is 2.14. The molecule has 1 heterocycles. The molecule has 4 nitrogen and oxygen atoms in total. The maximum absolute atomic E-state index is 12.4. The number of fused-ring (bicyclic) bond motifs is 1. The third kappa shape index (κ3) is 3.87. The van der Waals surface area contributed by atoms with Crippen LogP contribution in [0.5, 0.6) is 0 Å². The molecule has 2 N–H and O–H groups in total. The van der Waals surface area contributed by atoms with Gasteiger partial charge in [-0.2, -0.15) is 11.8 Å². The van der Waals surface area contributed by atoms with E-state index in [0.717, 1.165) is 11.1 Å². The number of rotatable bonds is 6. The smallest absolute Gasteiger partial charge is 0.253 e. The number of carbonyl (C=O) groups excluding carboxylic acids is 1. The van der Waals surface area contributed by atoms with Gasteiger partial charge in [0.1, 0.15) is 0 Å². The van der Waals surface area contributed by atoms with Crippen molar-refractivity contribution < 1.29 is 9.90 Å². The van der Waals surface area contributed by atoms with Gasteiger partial charge < -0.3 is 10.4 Å². The summed E-state index contributed by atoms with van der Waals surface area (Å²) in [6, 6.07) is 6.96. The third-order valence-electron chi connectivity index (χ3n) is 3.14. The van der Waals surface area contributed by atoms with E-state index in [2.05, 4.69) is 10.3 Å². The lowest BCUT2D eigenvalue weighted by atomic mass is 10.1. The molecular formula is C15H17ClN2O2S. The Morgan fingerprint density at radius 1 is 1.48 bits per heavy atom. The largest absolute Gasteiger partial charge is 0.396 e. The highest BCUT2D eigenvalue weighted by molar-refractivity contribution is 7.98. The fraction of sp³-hybridized carbons (Fsp3) is 0.333. The minimum absolute atomic E-state index is 0.0467. The number of nitrogens with zero attached hydrogens (tertiary/aromatic N) is 1. The lowest BCUT2D eigenvalue weighted by molar-refractivity contribution is 0.0937. The molecule has 0 bridgehead atoms. The number of benzene rings is 1. The average molecular weight is 325 g/mol. The molecule has 1 aromatic heterocycles. The van der Waals surface area contributed by atoms with Crippen molar-refractivity contribution in [3.63, 3.8) is 0 Å². The van der Waals surface area contributed by atoms with Gasteiger partial charge in [-0.25, -0.2) is 0 Å². The van der Waals surface area contributed by atoms with Crippen molar-refractivity contribution in [2.24, 2.45) is 0 Å². The van der Waals surface area contributed by atoms with Crippen molar-refractivity contribution in [2.75, 3.05) is 18.6 Å². The lowest BCUT2D eigenvalue weighted by Crippen LogP contribution is -2.37. The highest BCUT2D eigenvalue weighted by atomic mass is 35.5. The third-order valence-corrected chi connectivity index (χ3v) is 4.21. The first-order valence-corrected chi connectivity index (χ1v) is 8.38. The maximum Gasteiger partial charge on any atom is 0.253 e. The topological polar surface area (TPSA) is 62.2 Å². The number of halogens is 1. The first-order chi connectivity index (χ1) is 10.2. The Bertz CT molecular complexity index is 630. The fourth-order valence-corrected chi connectivity index (χ4v) is 3.01. The lowest BCUT2D eigenvalue weighted by Gasteiger charge is -2.17. The van der Waals surface area contributed by atoms with Gasteiger partial charge in [-0.3, -0.25) is 9.78 Å². The molecule has 1 amide bonds. The molecule has 6 heteroatoms. The van der Waals surface area contributed by atoms with E-state index in [9.17, 15) is 4.79 Å². The molecule has 1 atom stereocenters. The van der Waals surface area contributed by atoms with Gasteiger partial charge in [-0.05, 0) is 36.9 Å². The Hall–Kier alpha value is -1.30. The molecule has 0 fully saturated rings. The predicted octanol–water partition coefficient (Wildman–Crippen LogP) is 2.73. The number of pyridine rings is 1. The first kappa shape index (κ1) is 16.1. The number of aromatic nitrogens is 1.